The molecule has 0 saturated heterocycles. The molecule has 84 valence electrons. The number of carboxylic acid groups (broad SMARTS) is 1. The van der Waals surface area contributed by atoms with Gasteiger partial charge in [-0.25, -0.2) is 12.7 Å². The first kappa shape index (κ1) is 13.6. The van der Waals surface area contributed by atoms with Crippen molar-refractivity contribution in [2.75, 3.05) is 14.1 Å². The molecule has 0 aliphatic carbocycles. The molecule has 1 aromatic carbocycles. The fourth-order valence-electron chi connectivity index (χ4n) is 0.803. The Morgan fingerprint density at radius 3 is 1.93 bits per heavy atom. The van der Waals surface area contributed by atoms with E-state index in [0.29, 0.717) is 4.90 Å². The zero-order valence-electron chi connectivity index (χ0n) is 8.49. The summed E-state index contributed by atoms with van der Waals surface area (Å²) in [5.74, 6) is 0. The Hall–Kier alpha value is -1.40. The summed E-state index contributed by atoms with van der Waals surface area (Å²) in [5, 5.41) is 6.89. The number of rotatable bonds is 2. The summed E-state index contributed by atoms with van der Waals surface area (Å²) < 4.78 is 24.1. The van der Waals surface area contributed by atoms with Crippen LogP contribution >= 0.6 is 0 Å². The van der Waals surface area contributed by atoms with E-state index in [1.807, 2.05) is 0 Å². The van der Waals surface area contributed by atoms with Gasteiger partial charge in [0.2, 0.25) is 10.0 Å². The molecule has 0 atom stereocenters. The number of benzene rings is 1. The Labute approximate surface area is 89.0 Å². The minimum atomic E-state index is -3.24. The van der Waals surface area contributed by atoms with Gasteiger partial charge in [0.15, 0.2) is 0 Å². The van der Waals surface area contributed by atoms with E-state index in [9.17, 15) is 8.42 Å². The van der Waals surface area contributed by atoms with E-state index in [-0.39, 0.29) is 6.47 Å². The first-order valence-corrected chi connectivity index (χ1v) is 5.46. The van der Waals surface area contributed by atoms with Crippen molar-refractivity contribution in [3.05, 3.63) is 30.3 Å². The average Bonchev–Trinajstić information content (AvgIpc) is 2.20. The lowest BCUT2D eigenvalue weighted by atomic mass is 10.4. The van der Waals surface area contributed by atoms with Gasteiger partial charge < -0.3 is 5.11 Å². The van der Waals surface area contributed by atoms with Crippen molar-refractivity contribution >= 4 is 16.5 Å². The maximum Gasteiger partial charge on any atom is 0.290 e. The molecule has 1 N–H and O–H groups in total. The topological polar surface area (TPSA) is 74.7 Å². The maximum atomic E-state index is 11.5. The van der Waals surface area contributed by atoms with Gasteiger partial charge in [-0.15, -0.1) is 0 Å². The smallest absolute Gasteiger partial charge is 0.290 e. The predicted molar refractivity (Wildman–Crippen MR) is 56.0 cm³/mol. The zero-order chi connectivity index (χ0) is 11.9. The minimum Gasteiger partial charge on any atom is -0.483 e. The molecule has 0 amide bonds. The van der Waals surface area contributed by atoms with Crippen molar-refractivity contribution in [3.63, 3.8) is 0 Å². The number of hydrogen-bond acceptors (Lipinski definition) is 3. The Morgan fingerprint density at radius 2 is 1.60 bits per heavy atom. The van der Waals surface area contributed by atoms with Crippen LogP contribution in [0.25, 0.3) is 0 Å². The Kier molecular flexibility index (Phi) is 5.58. The lowest BCUT2D eigenvalue weighted by Crippen LogP contribution is -2.21. The molecule has 0 fully saturated rings. The van der Waals surface area contributed by atoms with Crippen molar-refractivity contribution in [3.8, 4) is 0 Å². The molecule has 0 aromatic heterocycles. The zero-order valence-corrected chi connectivity index (χ0v) is 9.31. The molecule has 0 unspecified atom stereocenters. The summed E-state index contributed by atoms with van der Waals surface area (Å²) in [4.78, 5) is 8.69. The van der Waals surface area contributed by atoms with E-state index in [2.05, 4.69) is 0 Å². The Bertz CT molecular complexity index is 386. The molecule has 0 aliphatic rings. The highest BCUT2D eigenvalue weighted by molar-refractivity contribution is 7.89. The van der Waals surface area contributed by atoms with Crippen LogP contribution in [0.5, 0.6) is 0 Å². The number of sulfonamides is 1. The molecule has 0 radical (unpaired) electrons. The SMILES string of the molecule is CN(C)S(=O)(=O)c1ccccc1.O=CO. The predicted octanol–water partition coefficient (Wildman–Crippen LogP) is 0.638. The fraction of sp³-hybridized carbons (Fsp3) is 0.222. The number of nitrogens with zero attached hydrogens (tertiary/aromatic N) is 1. The molecular weight excluding hydrogens is 218 g/mol. The van der Waals surface area contributed by atoms with Crippen LogP contribution in [0.3, 0.4) is 0 Å². The molecule has 1 rings (SSSR count). The van der Waals surface area contributed by atoms with Crippen LogP contribution in [0.1, 0.15) is 0 Å². The van der Waals surface area contributed by atoms with Crippen molar-refractivity contribution in [1.29, 1.82) is 0 Å². The summed E-state index contributed by atoms with van der Waals surface area (Å²) in [5.41, 5.74) is 0. The van der Waals surface area contributed by atoms with Crippen molar-refractivity contribution < 1.29 is 18.3 Å². The molecule has 5 nitrogen and oxygen atoms in total. The van der Waals surface area contributed by atoms with Gasteiger partial charge in [0.05, 0.1) is 4.90 Å². The second kappa shape index (κ2) is 6.15. The standard InChI is InChI=1S/C8H11NO2S.CH2O2/c1-9(2)12(10,11)8-6-4-3-5-7-8;2-1-3/h3-7H,1-2H3;1H,(H,2,3). The summed E-state index contributed by atoms with van der Waals surface area (Å²) in [6, 6.07) is 8.35. The quantitative estimate of drug-likeness (QED) is 0.758. The molecular formula is C9H13NO4S. The summed E-state index contributed by atoms with van der Waals surface area (Å²) >= 11 is 0. The van der Waals surface area contributed by atoms with Gasteiger partial charge in [-0.1, -0.05) is 18.2 Å². The third kappa shape index (κ3) is 4.09. The van der Waals surface area contributed by atoms with E-state index in [1.165, 1.54) is 18.4 Å². The Balaban J connectivity index is 0.000000583. The highest BCUT2D eigenvalue weighted by Crippen LogP contribution is 2.10. The number of carbonyl (C=O) groups is 1. The van der Waals surface area contributed by atoms with Gasteiger partial charge in [0, 0.05) is 14.1 Å². The average molecular weight is 231 g/mol. The second-order valence-corrected chi connectivity index (χ2v) is 4.86. The molecule has 15 heavy (non-hydrogen) atoms. The fourth-order valence-corrected chi connectivity index (χ4v) is 1.73. The van der Waals surface area contributed by atoms with E-state index in [0.717, 1.165) is 0 Å². The third-order valence-electron chi connectivity index (χ3n) is 1.52. The minimum absolute atomic E-state index is 0.250. The van der Waals surface area contributed by atoms with E-state index in [4.69, 9.17) is 9.90 Å². The van der Waals surface area contributed by atoms with Gasteiger partial charge in [0.1, 0.15) is 0 Å². The monoisotopic (exact) mass is 231 g/mol. The molecule has 0 bridgehead atoms. The van der Waals surface area contributed by atoms with Gasteiger partial charge in [-0.05, 0) is 12.1 Å². The first-order chi connectivity index (χ1) is 6.96. The normalized spacial score (nSPS) is 10.3. The van der Waals surface area contributed by atoms with Crippen LogP contribution in [0, 0.1) is 0 Å². The highest BCUT2D eigenvalue weighted by atomic mass is 32.2. The van der Waals surface area contributed by atoms with Crippen LogP contribution in [-0.2, 0) is 14.8 Å². The highest BCUT2D eigenvalue weighted by Gasteiger charge is 2.15. The van der Waals surface area contributed by atoms with E-state index >= 15 is 0 Å². The lowest BCUT2D eigenvalue weighted by Gasteiger charge is -2.10. The molecule has 0 saturated carbocycles. The van der Waals surface area contributed by atoms with Crippen LogP contribution in [-0.4, -0.2) is 38.4 Å². The first-order valence-electron chi connectivity index (χ1n) is 4.02. The summed E-state index contributed by atoms with van der Waals surface area (Å²) in [7, 11) is -0.211. The molecule has 6 heteroatoms. The molecule has 0 heterocycles. The van der Waals surface area contributed by atoms with Crippen molar-refractivity contribution in [2.45, 2.75) is 4.90 Å². The van der Waals surface area contributed by atoms with E-state index in [1.54, 1.807) is 30.3 Å². The molecule has 1 aromatic rings. The lowest BCUT2D eigenvalue weighted by molar-refractivity contribution is -0.122. The largest absolute Gasteiger partial charge is 0.483 e. The van der Waals surface area contributed by atoms with Crippen LogP contribution < -0.4 is 0 Å². The summed E-state index contributed by atoms with van der Waals surface area (Å²) in [6.45, 7) is -0.250. The third-order valence-corrected chi connectivity index (χ3v) is 3.35. The molecule has 0 spiro atoms. The second-order valence-electron chi connectivity index (χ2n) is 2.71. The van der Waals surface area contributed by atoms with Crippen molar-refractivity contribution in [2.24, 2.45) is 0 Å². The maximum absolute atomic E-state index is 11.5. The van der Waals surface area contributed by atoms with Crippen molar-refractivity contribution in [1.82, 2.24) is 4.31 Å². The van der Waals surface area contributed by atoms with Gasteiger partial charge >= 0.3 is 0 Å². The van der Waals surface area contributed by atoms with Crippen LogP contribution in [0.2, 0.25) is 0 Å². The summed E-state index contributed by atoms with van der Waals surface area (Å²) in [6.07, 6.45) is 0. The Morgan fingerprint density at radius 1 is 1.20 bits per heavy atom. The van der Waals surface area contributed by atoms with E-state index < -0.39 is 10.0 Å². The molecule has 0 aliphatic heterocycles. The van der Waals surface area contributed by atoms with Gasteiger partial charge in [-0.3, -0.25) is 4.79 Å². The van der Waals surface area contributed by atoms with Gasteiger partial charge in [-0.2, -0.15) is 0 Å². The van der Waals surface area contributed by atoms with Crippen LogP contribution in [0.15, 0.2) is 35.2 Å². The number of hydrogen-bond donors (Lipinski definition) is 1. The van der Waals surface area contributed by atoms with Crippen LogP contribution in [0.4, 0.5) is 0 Å². The van der Waals surface area contributed by atoms with Gasteiger partial charge in [0.25, 0.3) is 6.47 Å².